The number of ether oxygens (including phenoxy) is 2. The van der Waals surface area contributed by atoms with Crippen molar-refractivity contribution in [3.05, 3.63) is 0 Å². The Bertz CT molecular complexity index is 303. The van der Waals surface area contributed by atoms with Gasteiger partial charge in [-0.1, -0.05) is 6.92 Å². The summed E-state index contributed by atoms with van der Waals surface area (Å²) in [7, 11) is 0. The van der Waals surface area contributed by atoms with E-state index in [4.69, 9.17) is 9.47 Å². The topological polar surface area (TPSA) is 33.7 Å². The van der Waals surface area contributed by atoms with E-state index in [2.05, 4.69) is 24.1 Å². The predicted molar refractivity (Wildman–Crippen MR) is 75.3 cm³/mol. The van der Waals surface area contributed by atoms with Crippen LogP contribution >= 0.6 is 0 Å². The van der Waals surface area contributed by atoms with Crippen molar-refractivity contribution in [1.29, 1.82) is 0 Å². The largest absolute Gasteiger partial charge is 0.376 e. The highest BCUT2D eigenvalue weighted by atomic mass is 16.6. The van der Waals surface area contributed by atoms with Crippen molar-refractivity contribution >= 4 is 0 Å². The summed E-state index contributed by atoms with van der Waals surface area (Å²) in [5, 5.41) is 3.81. The zero-order valence-electron chi connectivity index (χ0n) is 12.4. The summed E-state index contributed by atoms with van der Waals surface area (Å²) in [4.78, 5) is 2.65. The van der Waals surface area contributed by atoms with E-state index in [-0.39, 0.29) is 6.10 Å². The number of piperazine rings is 1. The Morgan fingerprint density at radius 3 is 2.79 bits per heavy atom. The lowest BCUT2D eigenvalue weighted by molar-refractivity contribution is -0.106. The highest BCUT2D eigenvalue weighted by molar-refractivity contribution is 5.04. The molecule has 2 aliphatic heterocycles. The summed E-state index contributed by atoms with van der Waals surface area (Å²) < 4.78 is 11.4. The van der Waals surface area contributed by atoms with Crippen LogP contribution in [0.25, 0.3) is 0 Å². The van der Waals surface area contributed by atoms with Crippen LogP contribution < -0.4 is 5.32 Å². The molecule has 0 aromatic heterocycles. The molecule has 3 rings (SSSR count). The van der Waals surface area contributed by atoms with E-state index in [1.165, 1.54) is 19.3 Å². The minimum absolute atomic E-state index is 0.268. The zero-order chi connectivity index (χ0) is 13.3. The van der Waals surface area contributed by atoms with Crippen LogP contribution in [-0.2, 0) is 9.47 Å². The van der Waals surface area contributed by atoms with E-state index < -0.39 is 0 Å². The molecule has 3 aliphatic rings. The maximum atomic E-state index is 5.83. The van der Waals surface area contributed by atoms with Gasteiger partial charge in [-0.2, -0.15) is 0 Å². The summed E-state index contributed by atoms with van der Waals surface area (Å²) in [6.07, 6.45) is 4.28. The van der Waals surface area contributed by atoms with E-state index in [1.807, 2.05) is 0 Å². The molecule has 0 aromatic rings. The molecule has 3 fully saturated rings. The normalized spacial score (nSPS) is 41.4. The Balaban J connectivity index is 1.61. The second kappa shape index (κ2) is 5.68. The van der Waals surface area contributed by atoms with Crippen molar-refractivity contribution in [3.8, 4) is 0 Å². The molecule has 110 valence electrons. The molecule has 3 atom stereocenters. The molecule has 1 aliphatic carbocycles. The van der Waals surface area contributed by atoms with Crippen molar-refractivity contribution < 1.29 is 9.47 Å². The molecule has 0 amide bonds. The Morgan fingerprint density at radius 2 is 2.16 bits per heavy atom. The quantitative estimate of drug-likeness (QED) is 0.832. The Hall–Kier alpha value is -0.160. The van der Waals surface area contributed by atoms with Gasteiger partial charge in [0.1, 0.15) is 0 Å². The lowest BCUT2D eigenvalue weighted by Crippen LogP contribution is -2.65. The monoisotopic (exact) mass is 268 g/mol. The third kappa shape index (κ3) is 3.13. The van der Waals surface area contributed by atoms with Crippen LogP contribution in [0.15, 0.2) is 0 Å². The van der Waals surface area contributed by atoms with E-state index in [9.17, 15) is 0 Å². The SMILES string of the molecule is CCC1CNC(C)(C2CC2)CN1CC1COCCO1. The number of rotatable bonds is 4. The molecular formula is C15H28N2O2. The number of nitrogens with zero attached hydrogens (tertiary/aromatic N) is 1. The van der Waals surface area contributed by atoms with Crippen LogP contribution in [0, 0.1) is 5.92 Å². The van der Waals surface area contributed by atoms with Gasteiger partial charge in [0.25, 0.3) is 0 Å². The minimum Gasteiger partial charge on any atom is -0.376 e. The summed E-state index contributed by atoms with van der Waals surface area (Å²) >= 11 is 0. The van der Waals surface area contributed by atoms with Gasteiger partial charge in [-0.25, -0.2) is 0 Å². The highest BCUT2D eigenvalue weighted by Crippen LogP contribution is 2.41. The van der Waals surface area contributed by atoms with Crippen LogP contribution in [0.2, 0.25) is 0 Å². The summed E-state index contributed by atoms with van der Waals surface area (Å²) in [5.74, 6) is 0.885. The van der Waals surface area contributed by atoms with Crippen molar-refractivity contribution in [3.63, 3.8) is 0 Å². The summed E-state index contributed by atoms with van der Waals surface area (Å²) in [6.45, 7) is 10.3. The van der Waals surface area contributed by atoms with Crippen LogP contribution in [-0.4, -0.2) is 62.0 Å². The first-order chi connectivity index (χ1) is 9.21. The molecule has 3 unspecified atom stereocenters. The van der Waals surface area contributed by atoms with E-state index in [0.29, 0.717) is 11.6 Å². The standard InChI is InChI=1S/C15H28N2O2/c1-3-13-8-16-15(2,12-4-5-12)11-17(13)9-14-10-18-6-7-19-14/h12-14,16H,3-11H2,1-2H3. The third-order valence-electron chi connectivity index (χ3n) is 5.06. The molecular weight excluding hydrogens is 240 g/mol. The molecule has 1 N–H and O–H groups in total. The molecule has 0 aromatic carbocycles. The highest BCUT2D eigenvalue weighted by Gasteiger charge is 2.46. The fourth-order valence-corrected chi connectivity index (χ4v) is 3.60. The first-order valence-corrected chi connectivity index (χ1v) is 7.89. The summed E-state index contributed by atoms with van der Waals surface area (Å²) in [5.41, 5.74) is 0.321. The molecule has 2 saturated heterocycles. The molecule has 0 bridgehead atoms. The van der Waals surface area contributed by atoms with Crippen molar-refractivity contribution in [1.82, 2.24) is 10.2 Å². The first kappa shape index (κ1) is 13.8. The lowest BCUT2D eigenvalue weighted by atomic mass is 9.90. The fraction of sp³-hybridized carbons (Fsp3) is 1.00. The minimum atomic E-state index is 0.268. The maximum Gasteiger partial charge on any atom is 0.0936 e. The zero-order valence-corrected chi connectivity index (χ0v) is 12.4. The van der Waals surface area contributed by atoms with Gasteiger partial charge in [0.15, 0.2) is 0 Å². The maximum absolute atomic E-state index is 5.83. The van der Waals surface area contributed by atoms with Gasteiger partial charge in [-0.15, -0.1) is 0 Å². The second-order valence-corrected chi connectivity index (χ2v) is 6.63. The Kier molecular flexibility index (Phi) is 4.13. The Labute approximate surface area is 116 Å². The molecule has 2 heterocycles. The van der Waals surface area contributed by atoms with Crippen molar-refractivity contribution in [2.75, 3.05) is 39.5 Å². The molecule has 4 heteroatoms. The van der Waals surface area contributed by atoms with Crippen molar-refractivity contribution in [2.24, 2.45) is 5.92 Å². The van der Waals surface area contributed by atoms with Crippen LogP contribution in [0.5, 0.6) is 0 Å². The van der Waals surface area contributed by atoms with Gasteiger partial charge in [-0.05, 0) is 32.1 Å². The second-order valence-electron chi connectivity index (χ2n) is 6.63. The van der Waals surface area contributed by atoms with Gasteiger partial charge < -0.3 is 14.8 Å². The van der Waals surface area contributed by atoms with Gasteiger partial charge in [0.2, 0.25) is 0 Å². The Morgan fingerprint density at radius 1 is 1.32 bits per heavy atom. The predicted octanol–water partition coefficient (Wildman–Crippen LogP) is 1.25. The average Bonchev–Trinajstić information content (AvgIpc) is 3.25. The number of hydrogen-bond acceptors (Lipinski definition) is 4. The smallest absolute Gasteiger partial charge is 0.0936 e. The van der Waals surface area contributed by atoms with Crippen LogP contribution in [0.4, 0.5) is 0 Å². The van der Waals surface area contributed by atoms with Gasteiger partial charge >= 0.3 is 0 Å². The van der Waals surface area contributed by atoms with Crippen LogP contribution in [0.1, 0.15) is 33.1 Å². The summed E-state index contributed by atoms with van der Waals surface area (Å²) in [6, 6.07) is 0.650. The van der Waals surface area contributed by atoms with Crippen molar-refractivity contribution in [2.45, 2.75) is 50.8 Å². The molecule has 1 saturated carbocycles. The molecule has 0 spiro atoms. The molecule has 0 radical (unpaired) electrons. The third-order valence-corrected chi connectivity index (χ3v) is 5.06. The first-order valence-electron chi connectivity index (χ1n) is 7.89. The lowest BCUT2D eigenvalue weighted by Gasteiger charge is -2.47. The van der Waals surface area contributed by atoms with E-state index >= 15 is 0 Å². The van der Waals surface area contributed by atoms with Gasteiger partial charge in [0.05, 0.1) is 25.9 Å². The van der Waals surface area contributed by atoms with E-state index in [1.54, 1.807) is 0 Å². The van der Waals surface area contributed by atoms with Gasteiger partial charge in [-0.3, -0.25) is 4.90 Å². The van der Waals surface area contributed by atoms with Gasteiger partial charge in [0, 0.05) is 31.2 Å². The number of hydrogen-bond donors (Lipinski definition) is 1. The molecule has 19 heavy (non-hydrogen) atoms. The average molecular weight is 268 g/mol. The van der Waals surface area contributed by atoms with E-state index in [0.717, 1.165) is 45.4 Å². The fourth-order valence-electron chi connectivity index (χ4n) is 3.60. The molecule has 4 nitrogen and oxygen atoms in total. The number of nitrogens with one attached hydrogen (secondary N) is 1. The van der Waals surface area contributed by atoms with Crippen LogP contribution in [0.3, 0.4) is 0 Å².